The van der Waals surface area contributed by atoms with Crippen molar-refractivity contribution < 1.29 is 8.81 Å². The Morgan fingerprint density at radius 2 is 1.90 bits per heavy atom. The molecule has 0 spiro atoms. The Balaban J connectivity index is 1.37. The number of hydrogen-bond acceptors (Lipinski definition) is 5. The van der Waals surface area contributed by atoms with Gasteiger partial charge in [-0.3, -0.25) is 4.57 Å². The number of hydrogen-bond donors (Lipinski definition) is 0. The fraction of sp³-hybridized carbons (Fsp3) is 0.227. The summed E-state index contributed by atoms with van der Waals surface area (Å²) >= 11 is 1.55. The van der Waals surface area contributed by atoms with Gasteiger partial charge in [-0.15, -0.1) is 10.2 Å². The molecule has 5 nitrogen and oxygen atoms in total. The summed E-state index contributed by atoms with van der Waals surface area (Å²) in [4.78, 5) is 4.59. The topological polar surface area (TPSA) is 56.7 Å². The molecule has 2 heterocycles. The van der Waals surface area contributed by atoms with E-state index in [9.17, 15) is 4.39 Å². The number of halogens is 1. The highest BCUT2D eigenvalue weighted by Gasteiger charge is 2.31. The van der Waals surface area contributed by atoms with Gasteiger partial charge in [-0.05, 0) is 44.0 Å². The van der Waals surface area contributed by atoms with Crippen LogP contribution in [0.3, 0.4) is 0 Å². The Morgan fingerprint density at radius 1 is 1.10 bits per heavy atom. The average molecular weight is 406 g/mol. The lowest BCUT2D eigenvalue weighted by molar-refractivity contribution is 0.573. The van der Waals surface area contributed by atoms with Gasteiger partial charge in [0.25, 0.3) is 0 Å². The zero-order valence-electron chi connectivity index (χ0n) is 15.9. The molecular weight excluding hydrogens is 387 g/mol. The molecule has 0 unspecified atom stereocenters. The van der Waals surface area contributed by atoms with Crippen molar-refractivity contribution in [2.75, 3.05) is 0 Å². The van der Waals surface area contributed by atoms with Crippen LogP contribution < -0.4 is 0 Å². The van der Waals surface area contributed by atoms with Crippen LogP contribution in [0.2, 0.25) is 0 Å². The van der Waals surface area contributed by atoms with Gasteiger partial charge in [-0.25, -0.2) is 9.37 Å². The van der Waals surface area contributed by atoms with Crippen LogP contribution in [0.1, 0.15) is 30.1 Å². The highest BCUT2D eigenvalue weighted by molar-refractivity contribution is 7.98. The fourth-order valence-corrected chi connectivity index (χ4v) is 4.09. The summed E-state index contributed by atoms with van der Waals surface area (Å²) in [6.45, 7) is 2.05. The van der Waals surface area contributed by atoms with Crippen LogP contribution in [-0.4, -0.2) is 19.7 Å². The summed E-state index contributed by atoms with van der Waals surface area (Å²) in [5, 5.41) is 9.41. The van der Waals surface area contributed by atoms with Crippen LogP contribution in [0.5, 0.6) is 0 Å². The van der Waals surface area contributed by atoms with Crippen LogP contribution >= 0.6 is 11.8 Å². The second-order valence-electron chi connectivity index (χ2n) is 7.19. The molecule has 1 saturated carbocycles. The van der Waals surface area contributed by atoms with E-state index < -0.39 is 0 Å². The maximum atomic E-state index is 14.3. The van der Waals surface area contributed by atoms with Crippen molar-refractivity contribution in [3.8, 4) is 22.8 Å². The van der Waals surface area contributed by atoms with Crippen molar-refractivity contribution in [2.45, 2.75) is 36.7 Å². The van der Waals surface area contributed by atoms with Gasteiger partial charge in [0.2, 0.25) is 5.89 Å². The lowest BCUT2D eigenvalue weighted by Gasteiger charge is -2.08. The normalized spacial score (nSPS) is 13.7. The highest BCUT2D eigenvalue weighted by Crippen LogP contribution is 2.41. The summed E-state index contributed by atoms with van der Waals surface area (Å²) in [5.74, 6) is 1.53. The summed E-state index contributed by atoms with van der Waals surface area (Å²) in [5.41, 5.74) is 3.47. The van der Waals surface area contributed by atoms with Gasteiger partial charge >= 0.3 is 0 Å². The lowest BCUT2D eigenvalue weighted by atomic mass is 10.1. The van der Waals surface area contributed by atoms with Crippen LogP contribution in [0.15, 0.2) is 64.4 Å². The van der Waals surface area contributed by atoms with Gasteiger partial charge in [0.1, 0.15) is 12.1 Å². The number of aryl methyl sites for hydroxylation is 1. The minimum absolute atomic E-state index is 0.280. The Bertz CT molecular complexity index is 1150. The number of thioether (sulfide) groups is 1. The largest absolute Gasteiger partial charge is 0.444 e. The van der Waals surface area contributed by atoms with Crippen molar-refractivity contribution in [2.24, 2.45) is 0 Å². The molecule has 0 radical (unpaired) electrons. The van der Waals surface area contributed by atoms with E-state index in [0.717, 1.165) is 29.3 Å². The van der Waals surface area contributed by atoms with E-state index in [1.165, 1.54) is 11.6 Å². The molecule has 7 heteroatoms. The predicted octanol–water partition coefficient (Wildman–Crippen LogP) is 5.67. The van der Waals surface area contributed by atoms with E-state index >= 15 is 0 Å². The molecule has 1 aliphatic carbocycles. The maximum Gasteiger partial charge on any atom is 0.226 e. The zero-order chi connectivity index (χ0) is 19.8. The molecule has 5 rings (SSSR count). The van der Waals surface area contributed by atoms with Gasteiger partial charge in [0, 0.05) is 17.4 Å². The fourth-order valence-electron chi connectivity index (χ4n) is 3.20. The first kappa shape index (κ1) is 18.1. The monoisotopic (exact) mass is 406 g/mol. The smallest absolute Gasteiger partial charge is 0.226 e. The van der Waals surface area contributed by atoms with Gasteiger partial charge < -0.3 is 4.42 Å². The Hall–Kier alpha value is -2.93. The highest BCUT2D eigenvalue weighted by atomic mass is 32.2. The molecule has 29 heavy (non-hydrogen) atoms. The first-order valence-electron chi connectivity index (χ1n) is 9.53. The Labute approximate surface area is 172 Å². The number of aromatic nitrogens is 4. The van der Waals surface area contributed by atoms with Crippen molar-refractivity contribution in [3.63, 3.8) is 0 Å². The number of oxazole rings is 1. The second kappa shape index (κ2) is 7.48. The van der Waals surface area contributed by atoms with Gasteiger partial charge in [-0.1, -0.05) is 41.6 Å². The van der Waals surface area contributed by atoms with Crippen molar-refractivity contribution in [1.82, 2.24) is 19.7 Å². The first-order valence-corrected chi connectivity index (χ1v) is 10.5. The number of nitrogens with zero attached hydrogens (tertiary/aromatic N) is 4. The minimum Gasteiger partial charge on any atom is -0.444 e. The predicted molar refractivity (Wildman–Crippen MR) is 110 cm³/mol. The van der Waals surface area contributed by atoms with Gasteiger partial charge in [0.05, 0.1) is 11.3 Å². The molecule has 0 aliphatic heterocycles. The molecule has 146 valence electrons. The quantitative estimate of drug-likeness (QED) is 0.386. The van der Waals surface area contributed by atoms with Crippen molar-refractivity contribution in [3.05, 3.63) is 71.9 Å². The van der Waals surface area contributed by atoms with Gasteiger partial charge in [-0.2, -0.15) is 0 Å². The third-order valence-electron chi connectivity index (χ3n) is 4.89. The molecule has 0 saturated heterocycles. The van der Waals surface area contributed by atoms with E-state index in [0.29, 0.717) is 29.1 Å². The van der Waals surface area contributed by atoms with E-state index in [4.69, 9.17) is 4.42 Å². The third-order valence-corrected chi connectivity index (χ3v) is 5.87. The summed E-state index contributed by atoms with van der Waals surface area (Å²) in [7, 11) is 0. The number of rotatable bonds is 6. The second-order valence-corrected chi connectivity index (χ2v) is 8.13. The third kappa shape index (κ3) is 3.70. The molecule has 2 aromatic heterocycles. The van der Waals surface area contributed by atoms with Crippen LogP contribution in [0, 0.1) is 12.7 Å². The lowest BCUT2D eigenvalue weighted by Crippen LogP contribution is -2.01. The maximum absolute atomic E-state index is 14.3. The molecular formula is C22H19FN4OS. The van der Waals surface area contributed by atoms with E-state index in [1.54, 1.807) is 30.2 Å². The van der Waals surface area contributed by atoms with Crippen molar-refractivity contribution in [1.29, 1.82) is 0 Å². The minimum atomic E-state index is -0.280. The molecule has 0 atom stereocenters. The Morgan fingerprint density at radius 3 is 2.66 bits per heavy atom. The van der Waals surface area contributed by atoms with E-state index in [-0.39, 0.29) is 5.82 Å². The molecule has 2 aromatic carbocycles. The summed E-state index contributed by atoms with van der Waals surface area (Å²) < 4.78 is 22.0. The molecule has 0 bridgehead atoms. The first-order chi connectivity index (χ1) is 14.2. The van der Waals surface area contributed by atoms with E-state index in [2.05, 4.69) is 19.7 Å². The Kier molecular flexibility index (Phi) is 4.67. The van der Waals surface area contributed by atoms with Crippen LogP contribution in [0.25, 0.3) is 22.8 Å². The van der Waals surface area contributed by atoms with Crippen LogP contribution in [-0.2, 0) is 5.75 Å². The summed E-state index contributed by atoms with van der Waals surface area (Å²) in [6.07, 6.45) is 3.81. The molecule has 1 fully saturated rings. The van der Waals surface area contributed by atoms with Crippen LogP contribution in [0.4, 0.5) is 4.39 Å². The standard InChI is InChI=1S/C22H19FN4OS/c1-14-6-8-15(9-7-14)21-24-16(12-28-21)13-29-22-26-25-20(27(22)17-10-11-17)18-4-2-3-5-19(18)23/h2-9,12,17H,10-11,13H2,1H3. The SMILES string of the molecule is Cc1ccc(-c2nc(CSc3nnc(-c4ccccc4F)n3C3CC3)co2)cc1. The molecule has 1 aliphatic rings. The zero-order valence-corrected chi connectivity index (χ0v) is 16.7. The molecule has 0 amide bonds. The molecule has 4 aromatic rings. The van der Waals surface area contributed by atoms with Crippen molar-refractivity contribution >= 4 is 11.8 Å². The number of benzene rings is 2. The van der Waals surface area contributed by atoms with E-state index in [1.807, 2.05) is 37.3 Å². The summed E-state index contributed by atoms with van der Waals surface area (Å²) in [6, 6.07) is 15.1. The van der Waals surface area contributed by atoms with Gasteiger partial charge in [0.15, 0.2) is 11.0 Å². The average Bonchev–Trinajstić information content (AvgIpc) is 3.31. The molecule has 0 N–H and O–H groups in total.